The Hall–Kier alpha value is -1.68. The summed E-state index contributed by atoms with van der Waals surface area (Å²) >= 11 is 1.70. The number of ether oxygens (including phenoxy) is 1. The fourth-order valence-electron chi connectivity index (χ4n) is 1.48. The van der Waals surface area contributed by atoms with Gasteiger partial charge < -0.3 is 4.74 Å². The third-order valence-corrected chi connectivity index (χ3v) is 3.25. The van der Waals surface area contributed by atoms with Crippen LogP contribution in [-0.4, -0.2) is 17.4 Å². The van der Waals surface area contributed by atoms with E-state index in [-0.39, 0.29) is 5.78 Å². The zero-order valence-corrected chi connectivity index (χ0v) is 10.4. The van der Waals surface area contributed by atoms with E-state index in [9.17, 15) is 4.79 Å². The van der Waals surface area contributed by atoms with Crippen LogP contribution in [0, 0.1) is 0 Å². The van der Waals surface area contributed by atoms with E-state index < -0.39 is 0 Å². The van der Waals surface area contributed by atoms with Crippen molar-refractivity contribution < 1.29 is 9.53 Å². The molecule has 0 spiro atoms. The van der Waals surface area contributed by atoms with Crippen LogP contribution in [0.5, 0.6) is 5.88 Å². The van der Waals surface area contributed by atoms with Crippen LogP contribution in [0.4, 0.5) is 0 Å². The van der Waals surface area contributed by atoms with Crippen molar-refractivity contribution in [2.45, 2.75) is 13.3 Å². The minimum Gasteiger partial charge on any atom is -0.477 e. The Morgan fingerprint density at radius 3 is 3.00 bits per heavy atom. The predicted molar refractivity (Wildman–Crippen MR) is 67.8 cm³/mol. The number of carbonyl (C=O) groups is 1. The smallest absolute Gasteiger partial charge is 0.224 e. The first-order valence-electron chi connectivity index (χ1n) is 5.38. The summed E-state index contributed by atoms with van der Waals surface area (Å²) in [7, 11) is 0. The molecule has 0 radical (unpaired) electrons. The van der Waals surface area contributed by atoms with Crippen LogP contribution in [0.1, 0.15) is 22.2 Å². The van der Waals surface area contributed by atoms with Crippen LogP contribution in [-0.2, 0) is 6.42 Å². The summed E-state index contributed by atoms with van der Waals surface area (Å²) in [5.74, 6) is 0.403. The summed E-state index contributed by atoms with van der Waals surface area (Å²) in [4.78, 5) is 16.7. The van der Waals surface area contributed by atoms with Gasteiger partial charge in [0.05, 0.1) is 12.2 Å². The standard InChI is InChI=1S/C13H13NO2S/c1-10(15)12-5-2-7-14-13(12)16-8-6-11-4-3-9-17-11/h2-5,7,9H,6,8H2,1H3. The highest BCUT2D eigenvalue weighted by Gasteiger charge is 2.08. The number of carbonyl (C=O) groups excluding carboxylic acids is 1. The molecule has 0 unspecified atom stereocenters. The molecular formula is C13H13NO2S. The van der Waals surface area contributed by atoms with Gasteiger partial charge in [0.25, 0.3) is 0 Å². The fraction of sp³-hybridized carbons (Fsp3) is 0.231. The number of hydrogen-bond acceptors (Lipinski definition) is 4. The van der Waals surface area contributed by atoms with Crippen LogP contribution in [0.2, 0.25) is 0 Å². The summed E-state index contributed by atoms with van der Waals surface area (Å²) in [5, 5.41) is 2.04. The van der Waals surface area contributed by atoms with Gasteiger partial charge in [-0.25, -0.2) is 4.98 Å². The van der Waals surface area contributed by atoms with Crippen molar-refractivity contribution in [2.75, 3.05) is 6.61 Å². The van der Waals surface area contributed by atoms with Crippen LogP contribution in [0.15, 0.2) is 35.8 Å². The average Bonchev–Trinajstić information content (AvgIpc) is 2.82. The van der Waals surface area contributed by atoms with Crippen molar-refractivity contribution in [1.82, 2.24) is 4.98 Å². The molecule has 0 N–H and O–H groups in total. The van der Waals surface area contributed by atoms with Crippen molar-refractivity contribution in [3.8, 4) is 5.88 Å². The first kappa shape index (κ1) is 11.8. The molecular weight excluding hydrogens is 234 g/mol. The van der Waals surface area contributed by atoms with Crippen LogP contribution >= 0.6 is 11.3 Å². The molecule has 2 aromatic rings. The van der Waals surface area contributed by atoms with Gasteiger partial charge in [-0.2, -0.15) is 0 Å². The molecule has 4 heteroatoms. The SMILES string of the molecule is CC(=O)c1cccnc1OCCc1cccs1. The van der Waals surface area contributed by atoms with Crippen molar-refractivity contribution in [3.63, 3.8) is 0 Å². The zero-order valence-electron chi connectivity index (χ0n) is 9.55. The third-order valence-electron chi connectivity index (χ3n) is 2.32. The third kappa shape index (κ3) is 3.14. The highest BCUT2D eigenvalue weighted by atomic mass is 32.1. The Labute approximate surface area is 104 Å². The normalized spacial score (nSPS) is 10.2. The van der Waals surface area contributed by atoms with Gasteiger partial charge in [-0.15, -0.1) is 11.3 Å². The Morgan fingerprint density at radius 2 is 2.29 bits per heavy atom. The Balaban J connectivity index is 1.97. The summed E-state index contributed by atoms with van der Waals surface area (Å²) < 4.78 is 5.55. The van der Waals surface area contributed by atoms with E-state index in [2.05, 4.69) is 11.1 Å². The lowest BCUT2D eigenvalue weighted by atomic mass is 10.2. The highest BCUT2D eigenvalue weighted by molar-refractivity contribution is 7.09. The number of ketones is 1. The van der Waals surface area contributed by atoms with Gasteiger partial charge in [0.15, 0.2) is 5.78 Å². The highest BCUT2D eigenvalue weighted by Crippen LogP contribution is 2.16. The second-order valence-electron chi connectivity index (χ2n) is 3.59. The topological polar surface area (TPSA) is 39.2 Å². The number of thiophene rings is 1. The zero-order chi connectivity index (χ0) is 12.1. The quantitative estimate of drug-likeness (QED) is 0.762. The average molecular weight is 247 g/mol. The molecule has 0 aliphatic carbocycles. The number of rotatable bonds is 5. The molecule has 0 amide bonds. The summed E-state index contributed by atoms with van der Waals surface area (Å²) in [6.07, 6.45) is 2.47. The number of hydrogen-bond donors (Lipinski definition) is 0. The minimum atomic E-state index is -0.0239. The number of Topliss-reactive ketones (excluding diaryl/α,β-unsaturated/α-hetero) is 1. The van der Waals surface area contributed by atoms with E-state index in [1.807, 2.05) is 11.4 Å². The van der Waals surface area contributed by atoms with E-state index >= 15 is 0 Å². The van der Waals surface area contributed by atoms with Crippen molar-refractivity contribution in [2.24, 2.45) is 0 Å². The second-order valence-corrected chi connectivity index (χ2v) is 4.62. The molecule has 0 saturated heterocycles. The largest absolute Gasteiger partial charge is 0.477 e. The van der Waals surface area contributed by atoms with E-state index in [1.165, 1.54) is 11.8 Å². The number of aromatic nitrogens is 1. The van der Waals surface area contributed by atoms with Gasteiger partial charge in [0.1, 0.15) is 0 Å². The molecule has 2 heterocycles. The lowest BCUT2D eigenvalue weighted by Gasteiger charge is -2.07. The van der Waals surface area contributed by atoms with Crippen LogP contribution < -0.4 is 4.74 Å². The lowest BCUT2D eigenvalue weighted by molar-refractivity contribution is 0.101. The van der Waals surface area contributed by atoms with Gasteiger partial charge in [0, 0.05) is 17.5 Å². The molecule has 17 heavy (non-hydrogen) atoms. The molecule has 0 saturated carbocycles. The molecule has 88 valence electrons. The lowest BCUT2D eigenvalue weighted by Crippen LogP contribution is -2.06. The summed E-state index contributed by atoms with van der Waals surface area (Å²) in [6, 6.07) is 7.55. The Kier molecular flexibility index (Phi) is 3.88. The molecule has 3 nitrogen and oxygen atoms in total. The molecule has 0 aromatic carbocycles. The van der Waals surface area contributed by atoms with E-state index in [4.69, 9.17) is 4.74 Å². The van der Waals surface area contributed by atoms with Crippen molar-refractivity contribution >= 4 is 17.1 Å². The monoisotopic (exact) mass is 247 g/mol. The van der Waals surface area contributed by atoms with E-state index in [0.29, 0.717) is 18.1 Å². The molecule has 0 fully saturated rings. The van der Waals surface area contributed by atoms with Gasteiger partial charge in [-0.3, -0.25) is 4.79 Å². The molecule has 0 bridgehead atoms. The van der Waals surface area contributed by atoms with Crippen LogP contribution in [0.3, 0.4) is 0 Å². The van der Waals surface area contributed by atoms with Gasteiger partial charge in [0.2, 0.25) is 5.88 Å². The molecule has 0 aliphatic rings. The van der Waals surface area contributed by atoms with Gasteiger partial charge in [-0.1, -0.05) is 6.07 Å². The van der Waals surface area contributed by atoms with Crippen molar-refractivity contribution in [3.05, 3.63) is 46.3 Å². The first-order chi connectivity index (χ1) is 8.27. The van der Waals surface area contributed by atoms with E-state index in [0.717, 1.165) is 6.42 Å². The van der Waals surface area contributed by atoms with E-state index in [1.54, 1.807) is 29.7 Å². The molecule has 0 aliphatic heterocycles. The predicted octanol–water partition coefficient (Wildman–Crippen LogP) is 2.97. The van der Waals surface area contributed by atoms with Gasteiger partial charge >= 0.3 is 0 Å². The minimum absolute atomic E-state index is 0.0239. The Bertz CT molecular complexity index is 494. The summed E-state index contributed by atoms with van der Waals surface area (Å²) in [6.45, 7) is 2.06. The maximum atomic E-state index is 11.3. The Morgan fingerprint density at radius 1 is 1.41 bits per heavy atom. The summed E-state index contributed by atoms with van der Waals surface area (Å²) in [5.41, 5.74) is 0.540. The van der Waals surface area contributed by atoms with Crippen LogP contribution in [0.25, 0.3) is 0 Å². The molecule has 2 rings (SSSR count). The first-order valence-corrected chi connectivity index (χ1v) is 6.26. The number of nitrogens with zero attached hydrogens (tertiary/aromatic N) is 1. The second kappa shape index (κ2) is 5.59. The maximum Gasteiger partial charge on any atom is 0.224 e. The van der Waals surface area contributed by atoms with Crippen molar-refractivity contribution in [1.29, 1.82) is 0 Å². The van der Waals surface area contributed by atoms with Gasteiger partial charge in [-0.05, 0) is 30.5 Å². The fourth-order valence-corrected chi connectivity index (χ4v) is 2.17. The molecule has 2 aromatic heterocycles. The number of pyridine rings is 1. The molecule has 0 atom stereocenters. The maximum absolute atomic E-state index is 11.3.